The van der Waals surface area contributed by atoms with Gasteiger partial charge in [-0.3, -0.25) is 0 Å². The van der Waals surface area contributed by atoms with E-state index in [2.05, 4.69) is 29.6 Å². The number of nitrogens with two attached hydrogens (primary N) is 1. The van der Waals surface area contributed by atoms with E-state index in [-0.39, 0.29) is 11.1 Å². The van der Waals surface area contributed by atoms with Crippen LogP contribution in [0.1, 0.15) is 29.5 Å². The van der Waals surface area contributed by atoms with Gasteiger partial charge in [0, 0.05) is 5.54 Å². The van der Waals surface area contributed by atoms with Crippen LogP contribution in [-0.4, -0.2) is 17.2 Å². The van der Waals surface area contributed by atoms with E-state index in [1.54, 1.807) is 6.07 Å². The largest absolute Gasteiger partial charge is 0.508 e. The first-order valence-corrected chi connectivity index (χ1v) is 7.58. The Balaban J connectivity index is 2.01. The molecule has 1 aliphatic carbocycles. The van der Waals surface area contributed by atoms with E-state index in [0.29, 0.717) is 5.75 Å². The Morgan fingerprint density at radius 3 is 2.71 bits per heavy atom. The van der Waals surface area contributed by atoms with Crippen molar-refractivity contribution in [1.82, 2.24) is 5.32 Å². The number of nitrogens with one attached hydrogen (secondary N) is 1. The zero-order chi connectivity index (χ0) is 14.5. The lowest BCUT2D eigenvalue weighted by molar-refractivity contribution is 0.175. The molecule has 2 aliphatic rings. The molecule has 1 saturated heterocycles. The zero-order valence-electron chi connectivity index (χ0n) is 12.0. The maximum atomic E-state index is 9.96. The van der Waals surface area contributed by atoms with Gasteiger partial charge in [-0.05, 0) is 54.6 Å². The summed E-state index contributed by atoms with van der Waals surface area (Å²) in [6.07, 6.45) is 2.93. The molecule has 0 saturated carbocycles. The SMILES string of the molecule is N[C@@]12CCCN[C@]1(c1ccccc1)c1cc(O)ccc1C2. The summed E-state index contributed by atoms with van der Waals surface area (Å²) in [7, 11) is 0. The molecule has 2 aromatic rings. The number of hydrogen-bond acceptors (Lipinski definition) is 3. The van der Waals surface area contributed by atoms with Crippen LogP contribution in [0.25, 0.3) is 0 Å². The second-order valence-corrected chi connectivity index (χ2v) is 6.32. The number of fused-ring (bicyclic) bond motifs is 3. The van der Waals surface area contributed by atoms with Crippen molar-refractivity contribution in [1.29, 1.82) is 0 Å². The van der Waals surface area contributed by atoms with Crippen LogP contribution in [-0.2, 0) is 12.0 Å². The van der Waals surface area contributed by atoms with Gasteiger partial charge in [-0.15, -0.1) is 0 Å². The number of benzene rings is 2. The van der Waals surface area contributed by atoms with Gasteiger partial charge in [-0.1, -0.05) is 36.4 Å². The van der Waals surface area contributed by atoms with Crippen LogP contribution in [0.3, 0.4) is 0 Å². The molecule has 1 heterocycles. The molecule has 3 nitrogen and oxygen atoms in total. The second-order valence-electron chi connectivity index (χ2n) is 6.32. The van der Waals surface area contributed by atoms with Crippen LogP contribution in [0, 0.1) is 0 Å². The fraction of sp³-hybridized carbons (Fsp3) is 0.333. The molecule has 1 aliphatic heterocycles. The summed E-state index contributed by atoms with van der Waals surface area (Å²) in [5.74, 6) is 0.306. The summed E-state index contributed by atoms with van der Waals surface area (Å²) < 4.78 is 0. The van der Waals surface area contributed by atoms with Crippen LogP contribution in [0.15, 0.2) is 48.5 Å². The Hall–Kier alpha value is -1.84. The van der Waals surface area contributed by atoms with Crippen molar-refractivity contribution < 1.29 is 5.11 Å². The average molecular weight is 280 g/mol. The van der Waals surface area contributed by atoms with E-state index in [1.807, 2.05) is 18.2 Å². The van der Waals surface area contributed by atoms with E-state index < -0.39 is 0 Å². The monoisotopic (exact) mass is 280 g/mol. The third kappa shape index (κ3) is 1.62. The van der Waals surface area contributed by atoms with Gasteiger partial charge < -0.3 is 16.2 Å². The molecule has 4 N–H and O–H groups in total. The summed E-state index contributed by atoms with van der Waals surface area (Å²) in [5, 5.41) is 13.7. The lowest BCUT2D eigenvalue weighted by Crippen LogP contribution is -2.66. The van der Waals surface area contributed by atoms with E-state index in [4.69, 9.17) is 5.73 Å². The molecule has 3 heteroatoms. The topological polar surface area (TPSA) is 58.3 Å². The Morgan fingerprint density at radius 1 is 1.10 bits per heavy atom. The van der Waals surface area contributed by atoms with Crippen molar-refractivity contribution >= 4 is 0 Å². The van der Waals surface area contributed by atoms with E-state index >= 15 is 0 Å². The fourth-order valence-corrected chi connectivity index (χ4v) is 4.27. The normalized spacial score (nSPS) is 30.7. The van der Waals surface area contributed by atoms with Crippen molar-refractivity contribution in [2.75, 3.05) is 6.54 Å². The molecule has 0 amide bonds. The molecule has 4 rings (SSSR count). The van der Waals surface area contributed by atoms with Gasteiger partial charge >= 0.3 is 0 Å². The Morgan fingerprint density at radius 2 is 1.90 bits per heavy atom. The molecular weight excluding hydrogens is 260 g/mol. The summed E-state index contributed by atoms with van der Waals surface area (Å²) in [6.45, 7) is 0.947. The van der Waals surface area contributed by atoms with E-state index in [9.17, 15) is 5.11 Å². The second kappa shape index (κ2) is 4.33. The maximum absolute atomic E-state index is 9.96. The van der Waals surface area contributed by atoms with Gasteiger partial charge in [0.05, 0.1) is 5.54 Å². The summed E-state index contributed by atoms with van der Waals surface area (Å²) >= 11 is 0. The molecule has 108 valence electrons. The van der Waals surface area contributed by atoms with Crippen LogP contribution in [0.5, 0.6) is 5.75 Å². The molecule has 0 unspecified atom stereocenters. The van der Waals surface area contributed by atoms with E-state index in [1.165, 1.54) is 11.1 Å². The first kappa shape index (κ1) is 12.9. The summed E-state index contributed by atoms with van der Waals surface area (Å²) in [6, 6.07) is 16.1. The van der Waals surface area contributed by atoms with Gasteiger partial charge in [0.25, 0.3) is 0 Å². The zero-order valence-corrected chi connectivity index (χ0v) is 12.0. The molecule has 0 bridgehead atoms. The predicted molar refractivity (Wildman–Crippen MR) is 83.2 cm³/mol. The molecule has 2 atom stereocenters. The van der Waals surface area contributed by atoms with Crippen LogP contribution in [0.2, 0.25) is 0 Å². The molecule has 21 heavy (non-hydrogen) atoms. The molecule has 2 aromatic carbocycles. The maximum Gasteiger partial charge on any atom is 0.115 e. The quantitative estimate of drug-likeness (QED) is 0.751. The fourth-order valence-electron chi connectivity index (χ4n) is 4.27. The lowest BCUT2D eigenvalue weighted by Gasteiger charge is -2.49. The van der Waals surface area contributed by atoms with E-state index in [0.717, 1.165) is 31.4 Å². The minimum absolute atomic E-state index is 0.306. The van der Waals surface area contributed by atoms with Crippen molar-refractivity contribution in [2.45, 2.75) is 30.3 Å². The molecule has 1 fully saturated rings. The van der Waals surface area contributed by atoms with Crippen molar-refractivity contribution in [3.05, 3.63) is 65.2 Å². The molecule has 0 spiro atoms. The highest BCUT2D eigenvalue weighted by Gasteiger charge is 2.57. The van der Waals surface area contributed by atoms with Crippen LogP contribution in [0.4, 0.5) is 0 Å². The number of phenolic OH excluding ortho intramolecular Hbond substituents is 1. The average Bonchev–Trinajstić information content (AvgIpc) is 2.77. The summed E-state index contributed by atoms with van der Waals surface area (Å²) in [5.41, 5.74) is 9.74. The molecule has 0 radical (unpaired) electrons. The number of piperidine rings is 1. The number of hydrogen-bond donors (Lipinski definition) is 3. The van der Waals surface area contributed by atoms with Crippen molar-refractivity contribution in [3.8, 4) is 5.75 Å². The van der Waals surface area contributed by atoms with Gasteiger partial charge in [-0.2, -0.15) is 0 Å². The number of phenols is 1. The standard InChI is InChI=1S/C18H20N2O/c19-17-9-4-10-20-18(17,14-5-2-1-3-6-14)16-11-15(21)8-7-13(16)12-17/h1-3,5-8,11,20-21H,4,9-10,12,19H2/t17-,18-/m1/s1. The first-order valence-electron chi connectivity index (χ1n) is 7.58. The summed E-state index contributed by atoms with van der Waals surface area (Å²) in [4.78, 5) is 0. The smallest absolute Gasteiger partial charge is 0.115 e. The highest BCUT2D eigenvalue weighted by atomic mass is 16.3. The van der Waals surface area contributed by atoms with Crippen molar-refractivity contribution in [3.63, 3.8) is 0 Å². The predicted octanol–water partition coefficient (Wildman–Crippen LogP) is 2.27. The van der Waals surface area contributed by atoms with Gasteiger partial charge in [0.2, 0.25) is 0 Å². The highest BCUT2D eigenvalue weighted by molar-refractivity contribution is 5.55. The highest BCUT2D eigenvalue weighted by Crippen LogP contribution is 2.51. The Bertz CT molecular complexity index is 685. The van der Waals surface area contributed by atoms with Gasteiger partial charge in [0.1, 0.15) is 5.75 Å². The lowest BCUT2D eigenvalue weighted by atomic mass is 9.68. The van der Waals surface area contributed by atoms with Crippen molar-refractivity contribution in [2.24, 2.45) is 5.73 Å². The number of aromatic hydroxyl groups is 1. The third-order valence-corrected chi connectivity index (χ3v) is 5.15. The van der Waals surface area contributed by atoms with Crippen LogP contribution < -0.4 is 11.1 Å². The minimum Gasteiger partial charge on any atom is -0.508 e. The van der Waals surface area contributed by atoms with Gasteiger partial charge in [-0.25, -0.2) is 0 Å². The van der Waals surface area contributed by atoms with Gasteiger partial charge in [0.15, 0.2) is 0 Å². The minimum atomic E-state index is -0.388. The third-order valence-electron chi connectivity index (χ3n) is 5.15. The first-order chi connectivity index (χ1) is 10.2. The van der Waals surface area contributed by atoms with Crippen LogP contribution >= 0.6 is 0 Å². The number of rotatable bonds is 1. The Kier molecular flexibility index (Phi) is 2.65. The molecule has 0 aromatic heterocycles. The Labute approximate surface area is 124 Å². The molecular formula is C18H20N2O.